The number of rotatable bonds is 3. The Morgan fingerprint density at radius 2 is 1.46 bits per heavy atom. The molecule has 0 bridgehead atoms. The molecule has 0 fully saturated rings. The van der Waals surface area contributed by atoms with E-state index in [1.165, 1.54) is 27.8 Å². The lowest BCUT2D eigenvalue weighted by Crippen LogP contribution is -2.23. The first-order valence-electron chi connectivity index (χ1n) is 9.08. The predicted molar refractivity (Wildman–Crippen MR) is 110 cm³/mol. The van der Waals surface area contributed by atoms with Crippen LogP contribution in [-0.4, -0.2) is 10.6 Å². The summed E-state index contributed by atoms with van der Waals surface area (Å²) >= 11 is 0. The second kappa shape index (κ2) is 6.23. The summed E-state index contributed by atoms with van der Waals surface area (Å²) in [6.45, 7) is 0. The zero-order valence-corrected chi connectivity index (χ0v) is 14.5. The summed E-state index contributed by atoms with van der Waals surface area (Å²) in [5, 5.41) is 4.96. The van der Waals surface area contributed by atoms with E-state index in [2.05, 4.69) is 101 Å². The van der Waals surface area contributed by atoms with Crippen molar-refractivity contribution in [3.8, 4) is 5.69 Å². The Bertz CT molecular complexity index is 1080. The highest BCUT2D eigenvalue weighted by molar-refractivity contribution is 5.93. The van der Waals surface area contributed by atoms with E-state index in [0.29, 0.717) is 0 Å². The van der Waals surface area contributed by atoms with Gasteiger partial charge in [0, 0.05) is 34.4 Å². The van der Waals surface area contributed by atoms with E-state index < -0.39 is 0 Å². The molecule has 0 spiro atoms. The maximum Gasteiger partial charge on any atom is 0.0537 e. The standard InChI is InChI=1S/C24H20N2/c1-3-9-18(10-4-1)25-19-15-16-22-21-13-7-8-14-23(21)26(24(22)17-19)20-11-5-2-6-12-20/h1-16,19,25H,17H2. The van der Waals surface area contributed by atoms with E-state index in [-0.39, 0.29) is 6.04 Å². The number of nitrogens with zero attached hydrogens (tertiary/aromatic N) is 1. The van der Waals surface area contributed by atoms with Gasteiger partial charge >= 0.3 is 0 Å². The SMILES string of the molecule is C1=CC(Nc2ccccc2)Cc2c1c1ccccc1n2-c1ccccc1. The smallest absolute Gasteiger partial charge is 0.0537 e. The van der Waals surface area contributed by atoms with Crippen molar-refractivity contribution < 1.29 is 0 Å². The summed E-state index contributed by atoms with van der Waals surface area (Å²) in [4.78, 5) is 0. The van der Waals surface area contributed by atoms with Gasteiger partial charge in [0.05, 0.1) is 11.6 Å². The molecule has 26 heavy (non-hydrogen) atoms. The molecule has 2 heteroatoms. The molecule has 1 aliphatic rings. The summed E-state index contributed by atoms with van der Waals surface area (Å²) in [5.74, 6) is 0. The summed E-state index contributed by atoms with van der Waals surface area (Å²) in [5.41, 5.74) is 6.37. The Labute approximate surface area is 153 Å². The summed E-state index contributed by atoms with van der Waals surface area (Å²) in [7, 11) is 0. The van der Waals surface area contributed by atoms with Crippen LogP contribution in [0.2, 0.25) is 0 Å². The van der Waals surface area contributed by atoms with Gasteiger partial charge in [-0.1, -0.05) is 66.7 Å². The lowest BCUT2D eigenvalue weighted by Gasteiger charge is -2.22. The molecule has 1 heterocycles. The third kappa shape index (κ3) is 2.51. The Morgan fingerprint density at radius 1 is 0.769 bits per heavy atom. The third-order valence-electron chi connectivity index (χ3n) is 5.06. The van der Waals surface area contributed by atoms with Gasteiger partial charge in [0.1, 0.15) is 0 Å². The van der Waals surface area contributed by atoms with Gasteiger partial charge in [-0.05, 0) is 30.3 Å². The van der Waals surface area contributed by atoms with Crippen LogP contribution in [0.1, 0.15) is 11.3 Å². The van der Waals surface area contributed by atoms with Crippen molar-refractivity contribution in [3.63, 3.8) is 0 Å². The van der Waals surface area contributed by atoms with Crippen molar-refractivity contribution in [3.05, 3.63) is 102 Å². The number of fused-ring (bicyclic) bond motifs is 3. The first-order valence-corrected chi connectivity index (χ1v) is 9.08. The van der Waals surface area contributed by atoms with Crippen molar-refractivity contribution in [2.75, 3.05) is 5.32 Å². The average molecular weight is 336 g/mol. The third-order valence-corrected chi connectivity index (χ3v) is 5.06. The Balaban J connectivity index is 1.62. The summed E-state index contributed by atoms with van der Waals surface area (Å²) < 4.78 is 2.41. The molecule has 2 nitrogen and oxygen atoms in total. The molecule has 1 N–H and O–H groups in total. The average Bonchev–Trinajstić information content (AvgIpc) is 3.03. The summed E-state index contributed by atoms with van der Waals surface area (Å²) in [6, 6.07) is 30.1. The molecular weight excluding hydrogens is 316 g/mol. The zero-order valence-electron chi connectivity index (χ0n) is 14.5. The molecule has 1 aromatic heterocycles. The van der Waals surface area contributed by atoms with Gasteiger partial charge in [0.25, 0.3) is 0 Å². The number of aromatic nitrogens is 1. The van der Waals surface area contributed by atoms with Gasteiger partial charge in [-0.15, -0.1) is 0 Å². The number of benzene rings is 3. The number of anilines is 1. The van der Waals surface area contributed by atoms with Crippen LogP contribution in [0.15, 0.2) is 91.0 Å². The van der Waals surface area contributed by atoms with Crippen molar-refractivity contribution in [1.29, 1.82) is 0 Å². The lowest BCUT2D eigenvalue weighted by atomic mass is 9.98. The predicted octanol–water partition coefficient (Wildman–Crippen LogP) is 5.68. The minimum atomic E-state index is 0.289. The van der Waals surface area contributed by atoms with Crippen molar-refractivity contribution in [1.82, 2.24) is 4.57 Å². The molecular formula is C24H20N2. The normalized spacial score (nSPS) is 15.8. The fraction of sp³-hybridized carbons (Fsp3) is 0.0833. The Kier molecular flexibility index (Phi) is 3.60. The van der Waals surface area contributed by atoms with Crippen molar-refractivity contribution in [2.45, 2.75) is 12.5 Å². The van der Waals surface area contributed by atoms with Crippen LogP contribution >= 0.6 is 0 Å². The van der Waals surface area contributed by atoms with Gasteiger partial charge in [-0.3, -0.25) is 0 Å². The van der Waals surface area contributed by atoms with Crippen molar-refractivity contribution in [2.24, 2.45) is 0 Å². The number of hydrogen-bond donors (Lipinski definition) is 1. The van der Waals surface area contributed by atoms with E-state index in [9.17, 15) is 0 Å². The van der Waals surface area contributed by atoms with Crippen LogP contribution in [0, 0.1) is 0 Å². The highest BCUT2D eigenvalue weighted by atomic mass is 15.0. The molecule has 1 atom stereocenters. The quantitative estimate of drug-likeness (QED) is 0.509. The highest BCUT2D eigenvalue weighted by Crippen LogP contribution is 2.34. The van der Waals surface area contributed by atoms with Gasteiger partial charge in [-0.25, -0.2) is 0 Å². The minimum Gasteiger partial charge on any atom is -0.378 e. The molecule has 0 saturated heterocycles. The van der Waals surface area contributed by atoms with Crippen molar-refractivity contribution >= 4 is 22.7 Å². The molecule has 0 aliphatic heterocycles. The van der Waals surface area contributed by atoms with E-state index in [4.69, 9.17) is 0 Å². The molecule has 126 valence electrons. The molecule has 1 unspecified atom stereocenters. The fourth-order valence-electron chi connectivity index (χ4n) is 3.91. The van der Waals surface area contributed by atoms with E-state index in [1.54, 1.807) is 0 Å². The first-order chi connectivity index (χ1) is 12.9. The molecule has 1 aliphatic carbocycles. The largest absolute Gasteiger partial charge is 0.378 e. The second-order valence-corrected chi connectivity index (χ2v) is 6.73. The van der Waals surface area contributed by atoms with E-state index in [1.807, 2.05) is 6.07 Å². The molecule has 3 aromatic carbocycles. The first kappa shape index (κ1) is 15.0. The monoisotopic (exact) mass is 336 g/mol. The van der Waals surface area contributed by atoms with Crippen LogP contribution in [0.25, 0.3) is 22.7 Å². The zero-order chi connectivity index (χ0) is 17.3. The number of hydrogen-bond acceptors (Lipinski definition) is 1. The molecule has 4 aromatic rings. The van der Waals surface area contributed by atoms with Gasteiger partial charge in [0.15, 0.2) is 0 Å². The van der Waals surface area contributed by atoms with Crippen LogP contribution in [0.5, 0.6) is 0 Å². The number of para-hydroxylation sites is 3. The molecule has 0 amide bonds. The van der Waals surface area contributed by atoms with Crippen LogP contribution < -0.4 is 5.32 Å². The lowest BCUT2D eigenvalue weighted by molar-refractivity contribution is 0.806. The van der Waals surface area contributed by atoms with Gasteiger partial charge in [-0.2, -0.15) is 0 Å². The van der Waals surface area contributed by atoms with E-state index in [0.717, 1.165) is 12.1 Å². The maximum atomic E-state index is 3.64. The van der Waals surface area contributed by atoms with E-state index >= 15 is 0 Å². The fourth-order valence-corrected chi connectivity index (χ4v) is 3.91. The van der Waals surface area contributed by atoms with Crippen LogP contribution in [-0.2, 0) is 6.42 Å². The Hall–Kier alpha value is -3.26. The second-order valence-electron chi connectivity index (χ2n) is 6.73. The molecule has 0 radical (unpaired) electrons. The van der Waals surface area contributed by atoms with Crippen LogP contribution in [0.3, 0.4) is 0 Å². The molecule has 0 saturated carbocycles. The molecule has 5 rings (SSSR count). The van der Waals surface area contributed by atoms with Gasteiger partial charge in [0.2, 0.25) is 0 Å². The topological polar surface area (TPSA) is 17.0 Å². The van der Waals surface area contributed by atoms with Crippen LogP contribution in [0.4, 0.5) is 5.69 Å². The number of nitrogens with one attached hydrogen (secondary N) is 1. The highest BCUT2D eigenvalue weighted by Gasteiger charge is 2.22. The minimum absolute atomic E-state index is 0.289. The van der Waals surface area contributed by atoms with Gasteiger partial charge < -0.3 is 9.88 Å². The maximum absolute atomic E-state index is 3.64. The summed E-state index contributed by atoms with van der Waals surface area (Å²) in [6.07, 6.45) is 5.53. The Morgan fingerprint density at radius 3 is 2.27 bits per heavy atom.